The summed E-state index contributed by atoms with van der Waals surface area (Å²) in [6, 6.07) is 16.3. The molecule has 0 saturated heterocycles. The highest BCUT2D eigenvalue weighted by molar-refractivity contribution is 9.10. The smallest absolute Gasteiger partial charge is 0.332 e. The van der Waals surface area contributed by atoms with Crippen molar-refractivity contribution in [2.75, 3.05) is 5.32 Å². The fourth-order valence-corrected chi connectivity index (χ4v) is 4.52. The van der Waals surface area contributed by atoms with Crippen LogP contribution in [0.4, 0.5) is 5.69 Å². The predicted octanol–water partition coefficient (Wildman–Crippen LogP) is 3.25. The Morgan fingerprint density at radius 1 is 0.912 bits per heavy atom. The van der Waals surface area contributed by atoms with Gasteiger partial charge in [0, 0.05) is 16.7 Å². The molecule has 0 aliphatic rings. The lowest BCUT2D eigenvalue weighted by Gasteiger charge is -2.13. The first-order valence-corrected chi connectivity index (χ1v) is 12.1. The number of carbonyl (C=O) groups is 2. The van der Waals surface area contributed by atoms with Gasteiger partial charge < -0.3 is 10.6 Å². The summed E-state index contributed by atoms with van der Waals surface area (Å²) in [7, 11) is 0. The number of amides is 2. The lowest BCUT2D eigenvalue weighted by Crippen LogP contribution is -2.44. The number of aryl methyl sites for hydroxylation is 1. The van der Waals surface area contributed by atoms with Crippen molar-refractivity contribution in [2.45, 2.75) is 26.6 Å². The molecule has 2 aromatic carbocycles. The minimum atomic E-state index is -0.715. The van der Waals surface area contributed by atoms with E-state index in [1.807, 2.05) is 31.2 Å². The van der Waals surface area contributed by atoms with Gasteiger partial charge in [-0.2, -0.15) is 0 Å². The first-order valence-electron chi connectivity index (χ1n) is 10.4. The number of aromatic nitrogens is 2. The molecular weight excluding hydrogens is 520 g/mol. The van der Waals surface area contributed by atoms with Crippen molar-refractivity contribution in [2.24, 2.45) is 0 Å². The van der Waals surface area contributed by atoms with E-state index in [1.165, 1.54) is 4.57 Å². The highest BCUT2D eigenvalue weighted by Gasteiger charge is 2.18. The van der Waals surface area contributed by atoms with Crippen LogP contribution < -0.4 is 21.9 Å². The van der Waals surface area contributed by atoms with Crippen molar-refractivity contribution >= 4 is 55.0 Å². The number of rotatable bonds is 7. The van der Waals surface area contributed by atoms with E-state index in [0.717, 1.165) is 31.5 Å². The monoisotopic (exact) mass is 540 g/mol. The molecule has 0 unspecified atom stereocenters. The molecule has 34 heavy (non-hydrogen) atoms. The number of nitrogens with zero attached hydrogens (tertiary/aromatic N) is 2. The fraction of sp³-hybridized carbons (Fsp3) is 0.167. The fourth-order valence-electron chi connectivity index (χ4n) is 3.41. The zero-order valence-electron chi connectivity index (χ0n) is 18.2. The number of carbonyl (C=O) groups excluding carboxylic acids is 2. The van der Waals surface area contributed by atoms with Crippen LogP contribution in [0.2, 0.25) is 0 Å². The summed E-state index contributed by atoms with van der Waals surface area (Å²) in [5.74, 6) is -0.896. The van der Waals surface area contributed by atoms with Crippen molar-refractivity contribution in [3.8, 4) is 0 Å². The summed E-state index contributed by atoms with van der Waals surface area (Å²) < 4.78 is 3.27. The summed E-state index contributed by atoms with van der Waals surface area (Å²) in [5.41, 5.74) is 1.68. The minimum Gasteiger partial charge on any atom is -0.350 e. The second-order valence-corrected chi connectivity index (χ2v) is 9.54. The van der Waals surface area contributed by atoms with Gasteiger partial charge in [0.1, 0.15) is 17.8 Å². The van der Waals surface area contributed by atoms with Crippen LogP contribution in [0.5, 0.6) is 0 Å². The minimum absolute atomic E-state index is 0.277. The van der Waals surface area contributed by atoms with Crippen LogP contribution in [0.3, 0.4) is 0 Å². The molecule has 0 aliphatic heterocycles. The van der Waals surface area contributed by atoms with Crippen molar-refractivity contribution in [1.29, 1.82) is 0 Å². The van der Waals surface area contributed by atoms with E-state index in [1.54, 1.807) is 35.7 Å². The van der Waals surface area contributed by atoms with Crippen molar-refractivity contribution in [3.05, 3.63) is 96.4 Å². The number of hydrogen-bond acceptors (Lipinski definition) is 5. The van der Waals surface area contributed by atoms with E-state index in [-0.39, 0.29) is 13.1 Å². The molecule has 0 fully saturated rings. The quantitative estimate of drug-likeness (QED) is 0.375. The summed E-state index contributed by atoms with van der Waals surface area (Å²) in [6.45, 7) is 1.51. The molecule has 0 aliphatic carbocycles. The van der Waals surface area contributed by atoms with Crippen LogP contribution in [-0.2, 0) is 29.2 Å². The Hall–Kier alpha value is -3.50. The molecule has 2 aromatic heterocycles. The summed E-state index contributed by atoms with van der Waals surface area (Å²) in [6.07, 6.45) is 0. The van der Waals surface area contributed by atoms with Gasteiger partial charge in [0.05, 0.1) is 5.52 Å². The van der Waals surface area contributed by atoms with Crippen LogP contribution in [0.1, 0.15) is 11.1 Å². The number of thiophene rings is 1. The molecule has 2 N–H and O–H groups in total. The maximum atomic E-state index is 13.1. The molecule has 174 valence electrons. The van der Waals surface area contributed by atoms with Crippen molar-refractivity contribution in [1.82, 2.24) is 14.5 Å². The zero-order valence-corrected chi connectivity index (χ0v) is 20.6. The third kappa shape index (κ3) is 5.35. The van der Waals surface area contributed by atoms with E-state index in [4.69, 9.17) is 0 Å². The third-order valence-electron chi connectivity index (χ3n) is 5.18. The molecule has 0 bridgehead atoms. The molecule has 8 nitrogen and oxygen atoms in total. The molecule has 4 rings (SSSR count). The lowest BCUT2D eigenvalue weighted by molar-refractivity contribution is -0.122. The topological polar surface area (TPSA) is 102 Å². The number of anilines is 1. The molecule has 0 atom stereocenters. The van der Waals surface area contributed by atoms with Crippen LogP contribution >= 0.6 is 27.3 Å². The summed E-state index contributed by atoms with van der Waals surface area (Å²) >= 11 is 4.50. The summed E-state index contributed by atoms with van der Waals surface area (Å²) in [4.78, 5) is 51.2. The highest BCUT2D eigenvalue weighted by Crippen LogP contribution is 2.16. The first-order chi connectivity index (χ1) is 16.3. The van der Waals surface area contributed by atoms with Crippen molar-refractivity contribution < 1.29 is 9.59 Å². The van der Waals surface area contributed by atoms with Gasteiger partial charge in [-0.1, -0.05) is 45.8 Å². The van der Waals surface area contributed by atoms with E-state index >= 15 is 0 Å². The molecule has 0 spiro atoms. The van der Waals surface area contributed by atoms with Gasteiger partial charge in [-0.15, -0.1) is 11.3 Å². The van der Waals surface area contributed by atoms with Crippen LogP contribution in [-0.4, -0.2) is 20.9 Å². The SMILES string of the molecule is Cc1ccc(CNC(=O)Cn2c(=O)c3sccc3n(CC(=O)Nc3ccc(Br)cc3)c2=O)cc1. The van der Waals surface area contributed by atoms with Crippen LogP contribution in [0.15, 0.2) is 74.0 Å². The average molecular weight is 541 g/mol. The lowest BCUT2D eigenvalue weighted by atomic mass is 10.1. The molecule has 10 heteroatoms. The second-order valence-electron chi connectivity index (χ2n) is 7.71. The zero-order chi connectivity index (χ0) is 24.2. The van der Waals surface area contributed by atoms with Gasteiger partial charge in [0.15, 0.2) is 0 Å². The normalized spacial score (nSPS) is 10.9. The Bertz CT molecular complexity index is 1470. The van der Waals surface area contributed by atoms with Gasteiger partial charge >= 0.3 is 5.69 Å². The van der Waals surface area contributed by atoms with Crippen LogP contribution in [0.25, 0.3) is 10.2 Å². The number of benzene rings is 2. The molecule has 2 amide bonds. The largest absolute Gasteiger partial charge is 0.350 e. The molecule has 0 saturated carbocycles. The Morgan fingerprint density at radius 2 is 1.59 bits per heavy atom. The van der Waals surface area contributed by atoms with Gasteiger partial charge in [0.25, 0.3) is 5.56 Å². The van der Waals surface area contributed by atoms with E-state index in [0.29, 0.717) is 15.9 Å². The third-order valence-corrected chi connectivity index (χ3v) is 6.60. The number of halogens is 1. The standard InChI is InChI=1S/C24H21BrN4O4S/c1-15-2-4-16(5-3-15)12-26-20(30)13-29-23(32)22-19(10-11-34-22)28(24(29)33)14-21(31)27-18-8-6-17(25)7-9-18/h2-11H,12-14H2,1H3,(H,26,30)(H,27,31). The first kappa shape index (κ1) is 23.7. The van der Waals surface area contributed by atoms with Gasteiger partial charge in [-0.25, -0.2) is 9.36 Å². The van der Waals surface area contributed by atoms with Crippen LogP contribution in [0, 0.1) is 6.92 Å². The average Bonchev–Trinajstić information content (AvgIpc) is 3.31. The van der Waals surface area contributed by atoms with E-state index in [2.05, 4.69) is 26.6 Å². The highest BCUT2D eigenvalue weighted by atomic mass is 79.9. The number of hydrogen-bond donors (Lipinski definition) is 2. The van der Waals surface area contributed by atoms with Gasteiger partial charge in [-0.3, -0.25) is 19.0 Å². The summed E-state index contributed by atoms with van der Waals surface area (Å²) in [5, 5.41) is 7.15. The molecular formula is C24H21BrN4O4S. The maximum Gasteiger partial charge on any atom is 0.332 e. The predicted molar refractivity (Wildman–Crippen MR) is 136 cm³/mol. The molecule has 2 heterocycles. The Labute approximate surface area is 207 Å². The van der Waals surface area contributed by atoms with Gasteiger partial charge in [0.2, 0.25) is 11.8 Å². The maximum absolute atomic E-state index is 13.1. The van der Waals surface area contributed by atoms with E-state index in [9.17, 15) is 19.2 Å². The molecule has 4 aromatic rings. The Morgan fingerprint density at radius 3 is 2.29 bits per heavy atom. The van der Waals surface area contributed by atoms with Gasteiger partial charge in [-0.05, 0) is 48.2 Å². The second kappa shape index (κ2) is 10.2. The Kier molecular flexibility index (Phi) is 7.09. The number of nitrogens with one attached hydrogen (secondary N) is 2. The molecule has 0 radical (unpaired) electrons. The van der Waals surface area contributed by atoms with Crippen molar-refractivity contribution in [3.63, 3.8) is 0 Å². The Balaban J connectivity index is 1.55. The number of fused-ring (bicyclic) bond motifs is 1. The van der Waals surface area contributed by atoms with E-state index < -0.39 is 29.6 Å².